The lowest BCUT2D eigenvalue weighted by Gasteiger charge is -2.37. The van der Waals surface area contributed by atoms with Gasteiger partial charge in [-0.15, -0.1) is 0 Å². The molecule has 20 heavy (non-hydrogen) atoms. The van der Waals surface area contributed by atoms with Crippen molar-refractivity contribution in [2.45, 2.75) is 33.7 Å². The molecule has 1 aromatic heterocycles. The molecule has 4 heteroatoms. The number of rotatable bonds is 5. The molecule has 2 rings (SSSR count). The minimum Gasteiger partial charge on any atom is -0.493 e. The first-order chi connectivity index (χ1) is 9.56. The molecule has 0 unspecified atom stereocenters. The zero-order chi connectivity index (χ0) is 14.5. The number of piperazine rings is 1. The van der Waals surface area contributed by atoms with E-state index in [4.69, 9.17) is 4.74 Å². The molecule has 0 aliphatic carbocycles. The molecular weight excluding hydrogens is 250 g/mol. The Morgan fingerprint density at radius 2 is 1.85 bits per heavy atom. The van der Waals surface area contributed by atoms with E-state index in [9.17, 15) is 0 Å². The van der Waals surface area contributed by atoms with Crippen LogP contribution in [0.4, 0.5) is 5.82 Å². The summed E-state index contributed by atoms with van der Waals surface area (Å²) in [6, 6.07) is 4.63. The number of ether oxygens (including phenoxy) is 1. The summed E-state index contributed by atoms with van der Waals surface area (Å²) >= 11 is 0. The second-order valence-corrected chi connectivity index (χ2v) is 6.17. The van der Waals surface area contributed by atoms with Crippen LogP contribution in [-0.4, -0.2) is 48.7 Å². The maximum atomic E-state index is 5.78. The quantitative estimate of drug-likeness (QED) is 0.827. The molecule has 4 nitrogen and oxygen atoms in total. The maximum absolute atomic E-state index is 5.78. The smallest absolute Gasteiger partial charge is 0.132 e. The molecule has 2 heterocycles. The maximum Gasteiger partial charge on any atom is 0.132 e. The van der Waals surface area contributed by atoms with Crippen LogP contribution in [0.15, 0.2) is 18.3 Å². The first-order valence-electron chi connectivity index (χ1n) is 7.64. The summed E-state index contributed by atoms with van der Waals surface area (Å²) in [6.07, 6.45) is 1.85. The number of pyridine rings is 1. The van der Waals surface area contributed by atoms with Crippen molar-refractivity contribution < 1.29 is 4.74 Å². The van der Waals surface area contributed by atoms with Crippen LogP contribution in [0.3, 0.4) is 0 Å². The van der Waals surface area contributed by atoms with Gasteiger partial charge in [-0.25, -0.2) is 4.98 Å². The summed E-state index contributed by atoms with van der Waals surface area (Å²) in [6.45, 7) is 13.9. The van der Waals surface area contributed by atoms with Crippen molar-refractivity contribution >= 4 is 5.82 Å². The van der Waals surface area contributed by atoms with Gasteiger partial charge in [-0.3, -0.25) is 4.90 Å². The molecule has 0 spiro atoms. The van der Waals surface area contributed by atoms with Crippen LogP contribution in [0.25, 0.3) is 0 Å². The Kier molecular flexibility index (Phi) is 5.24. The van der Waals surface area contributed by atoms with E-state index < -0.39 is 0 Å². The van der Waals surface area contributed by atoms with Crippen molar-refractivity contribution in [3.05, 3.63) is 18.3 Å². The second kappa shape index (κ2) is 6.93. The lowest BCUT2D eigenvalue weighted by Crippen LogP contribution is -2.49. The van der Waals surface area contributed by atoms with Crippen molar-refractivity contribution in [2.75, 3.05) is 37.7 Å². The number of anilines is 1. The lowest BCUT2D eigenvalue weighted by atomic mass is 10.2. The Labute approximate surface area is 122 Å². The van der Waals surface area contributed by atoms with Crippen LogP contribution in [0, 0.1) is 5.92 Å². The topological polar surface area (TPSA) is 28.6 Å². The highest BCUT2D eigenvalue weighted by molar-refractivity contribution is 5.44. The van der Waals surface area contributed by atoms with Gasteiger partial charge in [-0.05, 0) is 25.8 Å². The fourth-order valence-electron chi connectivity index (χ4n) is 2.39. The van der Waals surface area contributed by atoms with Gasteiger partial charge in [-0.1, -0.05) is 13.8 Å². The molecule has 112 valence electrons. The van der Waals surface area contributed by atoms with E-state index in [-0.39, 0.29) is 0 Å². The molecule has 0 bridgehead atoms. The zero-order valence-corrected chi connectivity index (χ0v) is 13.2. The van der Waals surface area contributed by atoms with Gasteiger partial charge < -0.3 is 9.64 Å². The lowest BCUT2D eigenvalue weighted by molar-refractivity contribution is 0.209. The first-order valence-corrected chi connectivity index (χ1v) is 7.64. The molecule has 0 amide bonds. The Morgan fingerprint density at radius 1 is 1.15 bits per heavy atom. The molecule has 0 radical (unpaired) electrons. The monoisotopic (exact) mass is 277 g/mol. The minimum atomic E-state index is 0.543. The van der Waals surface area contributed by atoms with Gasteiger partial charge in [0.25, 0.3) is 0 Å². The van der Waals surface area contributed by atoms with Crippen LogP contribution in [-0.2, 0) is 0 Å². The van der Waals surface area contributed by atoms with Crippen LogP contribution in [0.5, 0.6) is 5.75 Å². The average molecular weight is 277 g/mol. The van der Waals surface area contributed by atoms with Gasteiger partial charge in [0.05, 0.1) is 6.61 Å². The van der Waals surface area contributed by atoms with Crippen molar-refractivity contribution in [1.29, 1.82) is 0 Å². The van der Waals surface area contributed by atoms with Crippen molar-refractivity contribution in [1.82, 2.24) is 9.88 Å². The summed E-state index contributed by atoms with van der Waals surface area (Å²) in [5, 5.41) is 0. The molecule has 1 aliphatic rings. The largest absolute Gasteiger partial charge is 0.493 e. The van der Waals surface area contributed by atoms with Gasteiger partial charge in [0, 0.05) is 44.5 Å². The van der Waals surface area contributed by atoms with E-state index in [1.165, 1.54) is 0 Å². The van der Waals surface area contributed by atoms with E-state index in [2.05, 4.69) is 48.5 Å². The summed E-state index contributed by atoms with van der Waals surface area (Å²) in [5.74, 6) is 2.51. The highest BCUT2D eigenvalue weighted by Crippen LogP contribution is 2.20. The van der Waals surface area contributed by atoms with Crippen molar-refractivity contribution in [2.24, 2.45) is 5.92 Å². The molecule has 1 saturated heterocycles. The van der Waals surface area contributed by atoms with E-state index in [1.807, 2.05) is 12.3 Å². The highest BCUT2D eigenvalue weighted by Gasteiger charge is 2.19. The van der Waals surface area contributed by atoms with Gasteiger partial charge >= 0.3 is 0 Å². The Balaban J connectivity index is 1.94. The molecule has 0 atom stereocenters. The Morgan fingerprint density at radius 3 is 2.45 bits per heavy atom. The van der Waals surface area contributed by atoms with E-state index in [1.54, 1.807) is 0 Å². The summed E-state index contributed by atoms with van der Waals surface area (Å²) < 4.78 is 5.78. The summed E-state index contributed by atoms with van der Waals surface area (Å²) in [4.78, 5) is 9.35. The standard InChI is InChI=1S/C16H27N3O/c1-13(2)12-20-15-5-6-17-16(11-15)19-9-7-18(8-10-19)14(3)4/h5-6,11,13-14H,7-10,12H2,1-4H3. The van der Waals surface area contributed by atoms with Crippen LogP contribution in [0.2, 0.25) is 0 Å². The van der Waals surface area contributed by atoms with Crippen LogP contribution < -0.4 is 9.64 Å². The third kappa shape index (κ3) is 4.10. The van der Waals surface area contributed by atoms with Gasteiger partial charge in [0.2, 0.25) is 0 Å². The zero-order valence-electron chi connectivity index (χ0n) is 13.2. The predicted molar refractivity (Wildman–Crippen MR) is 83.5 cm³/mol. The van der Waals surface area contributed by atoms with E-state index >= 15 is 0 Å². The number of aromatic nitrogens is 1. The van der Waals surface area contributed by atoms with E-state index in [0.29, 0.717) is 12.0 Å². The number of hydrogen-bond acceptors (Lipinski definition) is 4. The van der Waals surface area contributed by atoms with Gasteiger partial charge in [0.15, 0.2) is 0 Å². The van der Waals surface area contributed by atoms with Gasteiger partial charge in [0.1, 0.15) is 11.6 Å². The fourth-order valence-corrected chi connectivity index (χ4v) is 2.39. The summed E-state index contributed by atoms with van der Waals surface area (Å²) in [5.41, 5.74) is 0. The van der Waals surface area contributed by atoms with Crippen LogP contribution in [0.1, 0.15) is 27.7 Å². The number of hydrogen-bond donors (Lipinski definition) is 0. The molecule has 0 N–H and O–H groups in total. The van der Waals surface area contributed by atoms with Crippen molar-refractivity contribution in [3.63, 3.8) is 0 Å². The Bertz CT molecular complexity index is 412. The SMILES string of the molecule is CC(C)COc1ccnc(N2CCN(C(C)C)CC2)c1. The molecular formula is C16H27N3O. The normalized spacial score (nSPS) is 17.0. The Hall–Kier alpha value is -1.29. The fraction of sp³-hybridized carbons (Fsp3) is 0.688. The third-order valence-electron chi connectivity index (χ3n) is 3.67. The molecule has 1 aromatic rings. The second-order valence-electron chi connectivity index (χ2n) is 6.17. The predicted octanol–water partition coefficient (Wildman–Crippen LogP) is 2.65. The third-order valence-corrected chi connectivity index (χ3v) is 3.67. The van der Waals surface area contributed by atoms with Gasteiger partial charge in [-0.2, -0.15) is 0 Å². The molecule has 1 aliphatic heterocycles. The molecule has 0 saturated carbocycles. The van der Waals surface area contributed by atoms with Crippen molar-refractivity contribution in [3.8, 4) is 5.75 Å². The molecule has 1 fully saturated rings. The first kappa shape index (κ1) is 15.1. The average Bonchev–Trinajstić information content (AvgIpc) is 2.45. The minimum absolute atomic E-state index is 0.543. The van der Waals surface area contributed by atoms with E-state index in [0.717, 1.165) is 44.4 Å². The number of nitrogens with zero attached hydrogens (tertiary/aromatic N) is 3. The van der Waals surface area contributed by atoms with Crippen LogP contribution >= 0.6 is 0 Å². The molecule has 0 aromatic carbocycles. The summed E-state index contributed by atoms with van der Waals surface area (Å²) in [7, 11) is 0. The highest BCUT2D eigenvalue weighted by atomic mass is 16.5.